The molecule has 0 saturated carbocycles. The molecule has 4 heterocycles. The quantitative estimate of drug-likeness (QED) is 0.171. The van der Waals surface area contributed by atoms with Gasteiger partial charge < -0.3 is 28.4 Å². The Balaban J connectivity index is 1.05. The Morgan fingerprint density at radius 1 is 1.02 bits per heavy atom. The van der Waals surface area contributed by atoms with Gasteiger partial charge in [-0.1, -0.05) is 24.3 Å². The zero-order chi connectivity index (χ0) is 34.5. The molecule has 13 heteroatoms. The lowest BCUT2D eigenvalue weighted by atomic mass is 9.94. The number of aromatic nitrogens is 6. The van der Waals surface area contributed by atoms with Crippen LogP contribution in [0.15, 0.2) is 95.9 Å². The number of hydrogen-bond donors (Lipinski definition) is 0. The number of furan rings is 1. The molecule has 0 spiro atoms. The van der Waals surface area contributed by atoms with Crippen molar-refractivity contribution in [3.05, 3.63) is 114 Å². The lowest BCUT2D eigenvalue weighted by Gasteiger charge is -2.28. The van der Waals surface area contributed by atoms with Crippen LogP contribution in [0.2, 0.25) is 0 Å². The molecule has 7 rings (SSSR count). The number of carbonyl (C=O) groups excluding carboxylic acids is 1. The predicted molar refractivity (Wildman–Crippen MR) is 187 cm³/mol. The third kappa shape index (κ3) is 7.22. The number of hydrogen-bond acceptors (Lipinski definition) is 9. The maximum absolute atomic E-state index is 14.0. The highest BCUT2D eigenvalue weighted by Crippen LogP contribution is 2.28. The molecule has 1 atom stereocenters. The minimum Gasteiger partial charge on any atom is -0.496 e. The Hall–Kier alpha value is -5.56. The Bertz CT molecular complexity index is 2010. The van der Waals surface area contributed by atoms with Crippen molar-refractivity contribution in [2.45, 2.75) is 25.3 Å². The minimum atomic E-state index is -0.285. The molecular weight excluding hydrogens is 637 g/mol. The van der Waals surface area contributed by atoms with Crippen molar-refractivity contribution in [3.63, 3.8) is 0 Å². The zero-order valence-electron chi connectivity index (χ0n) is 28.2. The molecular formula is C37H40FN9O3. The van der Waals surface area contributed by atoms with Gasteiger partial charge in [0.2, 0.25) is 5.95 Å². The van der Waals surface area contributed by atoms with Crippen LogP contribution in [0.4, 0.5) is 10.3 Å². The van der Waals surface area contributed by atoms with Crippen molar-refractivity contribution in [2.24, 2.45) is 0 Å². The highest BCUT2D eigenvalue weighted by atomic mass is 19.1. The van der Waals surface area contributed by atoms with Crippen LogP contribution < -0.4 is 9.64 Å². The molecule has 50 heavy (non-hydrogen) atoms. The van der Waals surface area contributed by atoms with Crippen LogP contribution >= 0.6 is 0 Å². The monoisotopic (exact) mass is 677 g/mol. The first-order valence-electron chi connectivity index (χ1n) is 16.8. The summed E-state index contributed by atoms with van der Waals surface area (Å²) in [6.45, 7) is 5.43. The number of tetrazole rings is 1. The number of anilines is 1. The van der Waals surface area contributed by atoms with Crippen molar-refractivity contribution in [3.8, 4) is 11.4 Å². The second-order valence-corrected chi connectivity index (χ2v) is 12.6. The van der Waals surface area contributed by atoms with Crippen LogP contribution in [-0.2, 0) is 6.54 Å². The Morgan fingerprint density at radius 2 is 1.88 bits per heavy atom. The highest BCUT2D eigenvalue weighted by Gasteiger charge is 2.25. The normalized spacial score (nSPS) is 14.5. The molecule has 1 aliphatic rings. The first kappa shape index (κ1) is 33.0. The average Bonchev–Trinajstić information content (AvgIpc) is 3.91. The van der Waals surface area contributed by atoms with Gasteiger partial charge in [-0.25, -0.2) is 14.1 Å². The third-order valence-electron chi connectivity index (χ3n) is 9.40. The number of nitrogens with zero attached hydrogens (tertiary/aromatic N) is 9. The van der Waals surface area contributed by atoms with Gasteiger partial charge in [0.25, 0.3) is 5.91 Å². The van der Waals surface area contributed by atoms with Gasteiger partial charge in [0.15, 0.2) is 0 Å². The second-order valence-electron chi connectivity index (χ2n) is 12.6. The van der Waals surface area contributed by atoms with E-state index in [9.17, 15) is 9.18 Å². The lowest BCUT2D eigenvalue weighted by Crippen LogP contribution is -2.35. The van der Waals surface area contributed by atoms with E-state index in [0.717, 1.165) is 73.9 Å². The molecule has 0 radical (unpaired) electrons. The number of amides is 1. The topological polar surface area (TPSA) is 111 Å². The summed E-state index contributed by atoms with van der Waals surface area (Å²) in [5, 5.41) is 11.4. The number of para-hydroxylation sites is 2. The van der Waals surface area contributed by atoms with Crippen molar-refractivity contribution in [1.82, 2.24) is 39.6 Å². The summed E-state index contributed by atoms with van der Waals surface area (Å²) in [6, 6.07) is 24.0. The van der Waals surface area contributed by atoms with Crippen LogP contribution in [-0.4, -0.2) is 98.9 Å². The molecule has 6 aromatic rings. The second kappa shape index (κ2) is 14.9. The van der Waals surface area contributed by atoms with Gasteiger partial charge in [0.1, 0.15) is 23.7 Å². The van der Waals surface area contributed by atoms with E-state index in [2.05, 4.69) is 42.0 Å². The predicted octanol–water partition coefficient (Wildman–Crippen LogP) is 5.26. The van der Waals surface area contributed by atoms with E-state index in [-0.39, 0.29) is 17.6 Å². The molecule has 3 aromatic heterocycles. The largest absolute Gasteiger partial charge is 0.496 e. The molecule has 3 aromatic carbocycles. The number of likely N-dealkylation sites (N-methyl/N-ethyl adjacent to an activating group) is 1. The first-order valence-corrected chi connectivity index (χ1v) is 16.8. The van der Waals surface area contributed by atoms with Crippen molar-refractivity contribution < 1.29 is 18.3 Å². The summed E-state index contributed by atoms with van der Waals surface area (Å²) in [5.74, 6) is 1.81. The fraction of sp³-hybridized carbons (Fsp3) is 0.324. The van der Waals surface area contributed by atoms with Crippen LogP contribution in [0.1, 0.15) is 40.4 Å². The van der Waals surface area contributed by atoms with E-state index in [0.29, 0.717) is 30.1 Å². The molecule has 1 aliphatic heterocycles. The average molecular weight is 678 g/mol. The van der Waals surface area contributed by atoms with Crippen molar-refractivity contribution in [1.29, 1.82) is 0 Å². The van der Waals surface area contributed by atoms with Crippen molar-refractivity contribution in [2.75, 3.05) is 58.3 Å². The smallest absolute Gasteiger partial charge is 0.257 e. The SMILES string of the molecule is COc1ccc(-n2cnnn2)cc1C(=O)N(C)CC(CCN1CCCN(c2nc3ccccc3n2Cc2ccco2)CC1)c1ccc(F)cc1. The van der Waals surface area contributed by atoms with Crippen LogP contribution in [0.5, 0.6) is 5.75 Å². The van der Waals surface area contributed by atoms with E-state index in [1.165, 1.54) is 23.1 Å². The maximum Gasteiger partial charge on any atom is 0.257 e. The molecule has 1 amide bonds. The van der Waals surface area contributed by atoms with Gasteiger partial charge in [0.05, 0.1) is 42.2 Å². The van der Waals surface area contributed by atoms with Crippen LogP contribution in [0, 0.1) is 5.82 Å². The third-order valence-corrected chi connectivity index (χ3v) is 9.40. The summed E-state index contributed by atoms with van der Waals surface area (Å²) in [6.07, 6.45) is 4.96. The van der Waals surface area contributed by atoms with Gasteiger partial charge >= 0.3 is 0 Å². The Labute approximate surface area is 289 Å². The number of imidazole rings is 1. The fourth-order valence-corrected chi connectivity index (χ4v) is 6.75. The van der Waals surface area contributed by atoms with Gasteiger partial charge in [0, 0.05) is 39.1 Å². The van der Waals surface area contributed by atoms with Gasteiger partial charge in [-0.3, -0.25) is 4.79 Å². The molecule has 1 unspecified atom stereocenters. The number of ether oxygens (including phenoxy) is 1. The molecule has 258 valence electrons. The van der Waals surface area contributed by atoms with Crippen LogP contribution in [0.25, 0.3) is 16.7 Å². The number of methoxy groups -OCH3 is 1. The van der Waals surface area contributed by atoms with Crippen molar-refractivity contribution >= 4 is 22.9 Å². The fourth-order valence-electron chi connectivity index (χ4n) is 6.75. The van der Waals surface area contributed by atoms with Gasteiger partial charge in [-0.05, 0) is 96.5 Å². The molecule has 0 aliphatic carbocycles. The first-order chi connectivity index (χ1) is 24.5. The van der Waals surface area contributed by atoms with E-state index >= 15 is 0 Å². The van der Waals surface area contributed by atoms with Gasteiger partial charge in [-0.2, -0.15) is 0 Å². The summed E-state index contributed by atoms with van der Waals surface area (Å²) in [7, 11) is 3.34. The Kier molecular flexibility index (Phi) is 9.83. The zero-order valence-corrected chi connectivity index (χ0v) is 28.2. The molecule has 12 nitrogen and oxygen atoms in total. The summed E-state index contributed by atoms with van der Waals surface area (Å²) in [4.78, 5) is 25.5. The molecule has 1 saturated heterocycles. The number of halogens is 1. The standard InChI is InChI=1S/C37H40FN9O3/c1-43(36(48)32-23-30(14-15-35(32)49-2)47-26-39-41-42-47)24-28(27-10-12-29(38)13-11-27)16-19-44-17-6-18-45(21-20-44)37-40-33-8-3-4-9-34(33)46(37)25-31-7-5-22-50-31/h3-5,7-15,22-23,26,28H,6,16-21,24-25H2,1-2H3. The lowest BCUT2D eigenvalue weighted by molar-refractivity contribution is 0.0779. The number of rotatable bonds is 12. The molecule has 1 fully saturated rings. The van der Waals surface area contributed by atoms with E-state index in [1.54, 1.807) is 43.5 Å². The summed E-state index contributed by atoms with van der Waals surface area (Å²) >= 11 is 0. The molecule has 0 bridgehead atoms. The highest BCUT2D eigenvalue weighted by molar-refractivity contribution is 5.97. The molecule has 0 N–H and O–H groups in total. The Morgan fingerprint density at radius 3 is 2.66 bits per heavy atom. The minimum absolute atomic E-state index is 0.0184. The maximum atomic E-state index is 14.0. The van der Waals surface area contributed by atoms with Gasteiger partial charge in [-0.15, -0.1) is 5.10 Å². The number of fused-ring (bicyclic) bond motifs is 1. The number of benzene rings is 3. The van der Waals surface area contributed by atoms with E-state index in [4.69, 9.17) is 14.1 Å². The van der Waals surface area contributed by atoms with E-state index in [1.807, 2.05) is 36.4 Å². The summed E-state index contributed by atoms with van der Waals surface area (Å²) in [5.41, 5.74) is 4.10. The number of carbonyl (C=O) groups is 1. The van der Waals surface area contributed by atoms with Crippen LogP contribution in [0.3, 0.4) is 0 Å². The van der Waals surface area contributed by atoms with E-state index < -0.39 is 0 Å². The summed E-state index contributed by atoms with van der Waals surface area (Å²) < 4.78 is 29.0.